The molecule has 1 heterocycles. The predicted octanol–water partition coefficient (Wildman–Crippen LogP) is 1.57. The lowest BCUT2D eigenvalue weighted by Crippen LogP contribution is -2.45. The molecule has 9 heteroatoms. The Morgan fingerprint density at radius 2 is 2.12 bits per heavy atom. The lowest BCUT2D eigenvalue weighted by atomic mass is 9.88. The highest BCUT2D eigenvalue weighted by molar-refractivity contribution is 5.83. The molecule has 9 nitrogen and oxygen atoms in total. The van der Waals surface area contributed by atoms with Crippen LogP contribution in [0.5, 0.6) is 0 Å². The maximum absolute atomic E-state index is 13.0. The Morgan fingerprint density at radius 3 is 2.88 bits per heavy atom. The molecule has 3 rings (SSSR count). The molecule has 4 N–H and O–H groups in total. The normalized spacial score (nSPS) is 15.2. The van der Waals surface area contributed by atoms with E-state index in [1.165, 1.54) is 10.1 Å². The van der Waals surface area contributed by atoms with Gasteiger partial charge in [-0.1, -0.05) is 37.6 Å². The van der Waals surface area contributed by atoms with E-state index >= 15 is 0 Å². The lowest BCUT2D eigenvalue weighted by Gasteiger charge is -2.29. The van der Waals surface area contributed by atoms with Gasteiger partial charge in [-0.3, -0.25) is 19.1 Å². The molecule has 0 saturated heterocycles. The Bertz CT molecular complexity index is 1050. The molecular weight excluding hydrogens is 410 g/mol. The van der Waals surface area contributed by atoms with Crippen molar-refractivity contribution in [1.82, 2.24) is 14.9 Å². The smallest absolute Gasteiger partial charge is 0.330 e. The van der Waals surface area contributed by atoms with Crippen LogP contribution in [0.4, 0.5) is 11.5 Å². The molecule has 0 bridgehead atoms. The third-order valence-corrected chi connectivity index (χ3v) is 5.87. The number of amides is 1. The fourth-order valence-corrected chi connectivity index (χ4v) is 4.21. The number of unbranched alkanes of at least 4 members (excludes halogenated alkanes) is 1. The van der Waals surface area contributed by atoms with E-state index in [2.05, 4.69) is 22.4 Å². The number of benzene rings is 1. The minimum absolute atomic E-state index is 0.0640. The number of methoxy groups -OCH3 is 1. The SMILES string of the molecule is CCCCn1c(N)c(N(CCOC)CC(=O)NC2CCCc3ccccc32)c(=O)[nH]c1=O. The van der Waals surface area contributed by atoms with E-state index in [-0.39, 0.29) is 36.5 Å². The van der Waals surface area contributed by atoms with E-state index in [4.69, 9.17) is 10.5 Å². The number of rotatable bonds is 10. The van der Waals surface area contributed by atoms with Crippen molar-refractivity contribution in [3.05, 3.63) is 56.2 Å². The first kappa shape index (κ1) is 23.6. The predicted molar refractivity (Wildman–Crippen MR) is 125 cm³/mol. The summed E-state index contributed by atoms with van der Waals surface area (Å²) in [6.45, 7) is 2.92. The van der Waals surface area contributed by atoms with Crippen LogP contribution in [0.2, 0.25) is 0 Å². The second kappa shape index (κ2) is 11.0. The highest BCUT2D eigenvalue weighted by Crippen LogP contribution is 2.29. The minimum Gasteiger partial charge on any atom is -0.383 e. The fourth-order valence-electron chi connectivity index (χ4n) is 4.21. The van der Waals surface area contributed by atoms with Crippen molar-refractivity contribution < 1.29 is 9.53 Å². The van der Waals surface area contributed by atoms with Gasteiger partial charge in [0.25, 0.3) is 5.56 Å². The fraction of sp³-hybridized carbons (Fsp3) is 0.522. The van der Waals surface area contributed by atoms with Crippen LogP contribution < -0.4 is 27.2 Å². The van der Waals surface area contributed by atoms with Crippen molar-refractivity contribution in [2.24, 2.45) is 0 Å². The summed E-state index contributed by atoms with van der Waals surface area (Å²) >= 11 is 0. The van der Waals surface area contributed by atoms with Gasteiger partial charge in [0.2, 0.25) is 5.91 Å². The molecule has 1 aliphatic rings. The minimum atomic E-state index is -0.604. The monoisotopic (exact) mass is 443 g/mol. The highest BCUT2D eigenvalue weighted by atomic mass is 16.5. The number of hydrogen-bond acceptors (Lipinski definition) is 6. The number of fused-ring (bicyclic) bond motifs is 1. The van der Waals surface area contributed by atoms with Crippen molar-refractivity contribution in [2.75, 3.05) is 37.4 Å². The maximum atomic E-state index is 13.0. The third-order valence-electron chi connectivity index (χ3n) is 5.87. The van der Waals surface area contributed by atoms with Crippen LogP contribution in [0.25, 0.3) is 0 Å². The molecule has 2 aromatic rings. The van der Waals surface area contributed by atoms with Gasteiger partial charge in [-0.2, -0.15) is 0 Å². The summed E-state index contributed by atoms with van der Waals surface area (Å²) in [4.78, 5) is 41.9. The van der Waals surface area contributed by atoms with Gasteiger partial charge in [0.05, 0.1) is 19.2 Å². The van der Waals surface area contributed by atoms with Crippen LogP contribution >= 0.6 is 0 Å². The molecule has 0 radical (unpaired) electrons. The van der Waals surface area contributed by atoms with Crippen molar-refractivity contribution in [3.63, 3.8) is 0 Å². The molecule has 32 heavy (non-hydrogen) atoms. The summed E-state index contributed by atoms with van der Waals surface area (Å²) < 4.78 is 6.53. The second-order valence-electron chi connectivity index (χ2n) is 8.12. The number of nitrogens with two attached hydrogens (primary N) is 1. The first-order chi connectivity index (χ1) is 15.5. The molecule has 1 atom stereocenters. The molecule has 1 unspecified atom stereocenters. The Labute approximate surface area is 187 Å². The van der Waals surface area contributed by atoms with Gasteiger partial charge in [-0.25, -0.2) is 4.79 Å². The quantitative estimate of drug-likeness (QED) is 0.512. The van der Waals surface area contributed by atoms with E-state index in [1.807, 2.05) is 19.1 Å². The first-order valence-electron chi connectivity index (χ1n) is 11.2. The van der Waals surface area contributed by atoms with Crippen molar-refractivity contribution in [1.29, 1.82) is 0 Å². The summed E-state index contributed by atoms with van der Waals surface area (Å²) in [5, 5.41) is 3.11. The van der Waals surface area contributed by atoms with Crippen LogP contribution in [0.1, 0.15) is 49.8 Å². The van der Waals surface area contributed by atoms with Gasteiger partial charge in [0.1, 0.15) is 11.5 Å². The Morgan fingerprint density at radius 1 is 1.34 bits per heavy atom. The van der Waals surface area contributed by atoms with E-state index in [0.29, 0.717) is 13.2 Å². The number of nitrogens with zero attached hydrogens (tertiary/aromatic N) is 2. The van der Waals surface area contributed by atoms with E-state index < -0.39 is 11.2 Å². The molecule has 1 aromatic carbocycles. The first-order valence-corrected chi connectivity index (χ1v) is 11.2. The Hall–Kier alpha value is -3.07. The molecule has 0 fully saturated rings. The van der Waals surface area contributed by atoms with Crippen molar-refractivity contribution in [2.45, 2.75) is 51.6 Å². The summed E-state index contributed by atoms with van der Waals surface area (Å²) in [6, 6.07) is 8.07. The zero-order valence-electron chi connectivity index (χ0n) is 18.9. The number of nitrogen functional groups attached to an aromatic ring is 1. The molecule has 1 amide bonds. The number of carbonyl (C=O) groups excluding carboxylic acids is 1. The zero-order chi connectivity index (χ0) is 23.1. The molecular formula is C23H33N5O4. The highest BCUT2D eigenvalue weighted by Gasteiger charge is 2.25. The van der Waals surface area contributed by atoms with Crippen LogP contribution in [0, 0.1) is 0 Å². The number of aryl methyl sites for hydroxylation is 1. The van der Waals surface area contributed by atoms with Gasteiger partial charge in [0, 0.05) is 20.2 Å². The van der Waals surface area contributed by atoms with Gasteiger partial charge >= 0.3 is 5.69 Å². The molecule has 0 aliphatic heterocycles. The maximum Gasteiger partial charge on any atom is 0.330 e. The molecule has 0 saturated carbocycles. The average molecular weight is 444 g/mol. The number of carbonyl (C=O) groups is 1. The van der Waals surface area contributed by atoms with E-state index in [9.17, 15) is 14.4 Å². The molecule has 0 spiro atoms. The average Bonchev–Trinajstić information content (AvgIpc) is 2.77. The van der Waals surface area contributed by atoms with Gasteiger partial charge in [0.15, 0.2) is 0 Å². The van der Waals surface area contributed by atoms with Crippen LogP contribution in [-0.4, -0.2) is 42.3 Å². The molecule has 1 aliphatic carbocycles. The van der Waals surface area contributed by atoms with E-state index in [0.717, 1.165) is 37.7 Å². The van der Waals surface area contributed by atoms with Crippen molar-refractivity contribution >= 4 is 17.4 Å². The number of aromatic amines is 1. The number of ether oxygens (including phenoxy) is 1. The summed E-state index contributed by atoms with van der Waals surface area (Å²) in [7, 11) is 1.55. The topological polar surface area (TPSA) is 122 Å². The standard InChI is InChI=1S/C23H33N5O4/c1-3-4-12-28-21(24)20(22(30)26-23(28)31)27(13-14-32-2)15-19(29)25-18-11-7-9-16-8-5-6-10-17(16)18/h5-6,8,10,18H,3-4,7,9,11-15,24H2,1-2H3,(H,25,29)(H,26,30,31). The number of nitrogens with one attached hydrogen (secondary N) is 2. The Balaban J connectivity index is 1.84. The summed E-state index contributed by atoms with van der Waals surface area (Å²) in [6.07, 6.45) is 4.50. The molecule has 1 aromatic heterocycles. The number of H-pyrrole nitrogens is 1. The Kier molecular flexibility index (Phi) is 8.10. The second-order valence-corrected chi connectivity index (χ2v) is 8.12. The number of anilines is 2. The van der Waals surface area contributed by atoms with Gasteiger partial charge in [-0.15, -0.1) is 0 Å². The number of hydrogen-bond donors (Lipinski definition) is 3. The van der Waals surface area contributed by atoms with Gasteiger partial charge < -0.3 is 20.7 Å². The van der Waals surface area contributed by atoms with Crippen LogP contribution in [0.3, 0.4) is 0 Å². The largest absolute Gasteiger partial charge is 0.383 e. The van der Waals surface area contributed by atoms with Crippen molar-refractivity contribution in [3.8, 4) is 0 Å². The lowest BCUT2D eigenvalue weighted by molar-refractivity contribution is -0.120. The number of aromatic nitrogens is 2. The van der Waals surface area contributed by atoms with E-state index in [1.54, 1.807) is 12.0 Å². The van der Waals surface area contributed by atoms with Gasteiger partial charge in [-0.05, 0) is 36.8 Å². The zero-order valence-corrected chi connectivity index (χ0v) is 18.9. The van der Waals surface area contributed by atoms with Crippen LogP contribution in [-0.2, 0) is 22.5 Å². The third kappa shape index (κ3) is 5.40. The molecule has 174 valence electrons. The summed E-state index contributed by atoms with van der Waals surface area (Å²) in [5.74, 6) is -0.146. The summed E-state index contributed by atoms with van der Waals surface area (Å²) in [5.41, 5.74) is 7.62. The van der Waals surface area contributed by atoms with Crippen LogP contribution in [0.15, 0.2) is 33.9 Å².